The molecule has 0 spiro atoms. The number of rotatable bonds is 6. The SMILES string of the molecule is COCC(Br)CN(C)Cc1cccc(Cl)c1Cl. The van der Waals surface area contributed by atoms with Crippen LogP contribution in [0.3, 0.4) is 0 Å². The fourth-order valence-electron chi connectivity index (χ4n) is 1.60. The molecular formula is C12H16BrCl2NO. The number of methoxy groups -OCH3 is 1. The quantitative estimate of drug-likeness (QED) is 0.729. The van der Waals surface area contributed by atoms with Gasteiger partial charge in [-0.2, -0.15) is 0 Å². The molecule has 0 aliphatic rings. The highest BCUT2D eigenvalue weighted by molar-refractivity contribution is 9.09. The molecule has 1 rings (SSSR count). The Morgan fingerprint density at radius 3 is 2.76 bits per heavy atom. The zero-order valence-corrected chi connectivity index (χ0v) is 13.0. The molecule has 1 atom stereocenters. The molecule has 0 aromatic heterocycles. The average molecular weight is 341 g/mol. The van der Waals surface area contributed by atoms with Crippen LogP contribution < -0.4 is 0 Å². The Morgan fingerprint density at radius 2 is 2.12 bits per heavy atom. The van der Waals surface area contributed by atoms with E-state index in [1.807, 2.05) is 19.2 Å². The second-order valence-electron chi connectivity index (χ2n) is 3.96. The van der Waals surface area contributed by atoms with Crippen LogP contribution in [0.4, 0.5) is 0 Å². The minimum Gasteiger partial charge on any atom is -0.383 e. The summed E-state index contributed by atoms with van der Waals surface area (Å²) in [5.74, 6) is 0. The van der Waals surface area contributed by atoms with Crippen molar-refractivity contribution in [3.63, 3.8) is 0 Å². The lowest BCUT2D eigenvalue weighted by molar-refractivity contribution is 0.185. The lowest BCUT2D eigenvalue weighted by atomic mass is 10.2. The minimum atomic E-state index is 0.315. The predicted octanol–water partition coefficient (Wildman–Crippen LogP) is 3.84. The number of alkyl halides is 1. The molecule has 0 saturated carbocycles. The van der Waals surface area contributed by atoms with Gasteiger partial charge in [-0.05, 0) is 18.7 Å². The van der Waals surface area contributed by atoms with E-state index in [1.54, 1.807) is 13.2 Å². The van der Waals surface area contributed by atoms with Crippen LogP contribution in [0.25, 0.3) is 0 Å². The van der Waals surface area contributed by atoms with Crippen molar-refractivity contribution >= 4 is 39.1 Å². The average Bonchev–Trinajstić information content (AvgIpc) is 2.25. The minimum absolute atomic E-state index is 0.315. The summed E-state index contributed by atoms with van der Waals surface area (Å²) >= 11 is 15.7. The van der Waals surface area contributed by atoms with Gasteiger partial charge in [0.1, 0.15) is 0 Å². The van der Waals surface area contributed by atoms with Crippen LogP contribution in [-0.4, -0.2) is 37.0 Å². The number of benzene rings is 1. The van der Waals surface area contributed by atoms with Crippen molar-refractivity contribution in [2.75, 3.05) is 27.3 Å². The topological polar surface area (TPSA) is 12.5 Å². The maximum atomic E-state index is 6.14. The Labute approximate surface area is 121 Å². The molecule has 0 heterocycles. The van der Waals surface area contributed by atoms with Gasteiger partial charge in [-0.25, -0.2) is 0 Å². The molecule has 0 radical (unpaired) electrons. The van der Waals surface area contributed by atoms with Crippen LogP contribution >= 0.6 is 39.1 Å². The van der Waals surface area contributed by atoms with E-state index in [9.17, 15) is 0 Å². The summed E-state index contributed by atoms with van der Waals surface area (Å²) in [4.78, 5) is 2.49. The van der Waals surface area contributed by atoms with Crippen molar-refractivity contribution in [2.24, 2.45) is 0 Å². The second kappa shape index (κ2) is 7.59. The fraction of sp³-hybridized carbons (Fsp3) is 0.500. The molecule has 5 heteroatoms. The molecule has 2 nitrogen and oxygen atoms in total. The highest BCUT2D eigenvalue weighted by Gasteiger charge is 2.11. The first kappa shape index (κ1) is 15.3. The first-order chi connectivity index (χ1) is 8.04. The lowest BCUT2D eigenvalue weighted by Crippen LogP contribution is -2.28. The van der Waals surface area contributed by atoms with E-state index in [-0.39, 0.29) is 0 Å². The van der Waals surface area contributed by atoms with Crippen molar-refractivity contribution in [3.05, 3.63) is 33.8 Å². The third-order valence-corrected chi connectivity index (χ3v) is 3.74. The Morgan fingerprint density at radius 1 is 1.41 bits per heavy atom. The predicted molar refractivity (Wildman–Crippen MR) is 77.4 cm³/mol. The van der Waals surface area contributed by atoms with Crippen molar-refractivity contribution in [1.29, 1.82) is 0 Å². The largest absolute Gasteiger partial charge is 0.383 e. The van der Waals surface area contributed by atoms with Gasteiger partial charge in [-0.1, -0.05) is 51.3 Å². The standard InChI is InChI=1S/C12H16BrCl2NO/c1-16(7-10(13)8-17-2)6-9-4-3-5-11(14)12(9)15/h3-5,10H,6-8H2,1-2H3. The molecule has 0 N–H and O–H groups in total. The first-order valence-electron chi connectivity index (χ1n) is 5.29. The van der Waals surface area contributed by atoms with Gasteiger partial charge in [-0.15, -0.1) is 0 Å². The van der Waals surface area contributed by atoms with Gasteiger partial charge in [0.25, 0.3) is 0 Å². The molecule has 0 amide bonds. The van der Waals surface area contributed by atoms with Gasteiger partial charge >= 0.3 is 0 Å². The van der Waals surface area contributed by atoms with Gasteiger partial charge in [0, 0.05) is 20.2 Å². The molecule has 0 bridgehead atoms. The van der Waals surface area contributed by atoms with Crippen molar-refractivity contribution < 1.29 is 4.74 Å². The van der Waals surface area contributed by atoms with Crippen LogP contribution in [0.5, 0.6) is 0 Å². The van der Waals surface area contributed by atoms with E-state index in [1.165, 1.54) is 0 Å². The molecule has 1 unspecified atom stereocenters. The van der Waals surface area contributed by atoms with Crippen LogP contribution in [0.1, 0.15) is 5.56 Å². The Bertz CT molecular complexity index is 362. The molecule has 0 aliphatic heterocycles. The molecule has 1 aromatic carbocycles. The van der Waals surface area contributed by atoms with E-state index >= 15 is 0 Å². The molecule has 17 heavy (non-hydrogen) atoms. The van der Waals surface area contributed by atoms with Crippen LogP contribution in [0, 0.1) is 0 Å². The monoisotopic (exact) mass is 339 g/mol. The highest BCUT2D eigenvalue weighted by Crippen LogP contribution is 2.26. The van der Waals surface area contributed by atoms with E-state index in [2.05, 4.69) is 20.8 Å². The lowest BCUT2D eigenvalue weighted by Gasteiger charge is -2.20. The number of hydrogen-bond donors (Lipinski definition) is 0. The smallest absolute Gasteiger partial charge is 0.0637 e. The number of hydrogen-bond acceptors (Lipinski definition) is 2. The number of nitrogens with zero attached hydrogens (tertiary/aromatic N) is 1. The van der Waals surface area contributed by atoms with E-state index in [0.717, 1.165) is 18.7 Å². The summed E-state index contributed by atoms with van der Waals surface area (Å²) in [5, 5.41) is 1.24. The summed E-state index contributed by atoms with van der Waals surface area (Å²) in [6, 6.07) is 5.70. The molecule has 1 aromatic rings. The molecule has 0 fully saturated rings. The van der Waals surface area contributed by atoms with Crippen LogP contribution in [0.15, 0.2) is 18.2 Å². The van der Waals surface area contributed by atoms with E-state index < -0.39 is 0 Å². The Hall–Kier alpha value is 0.200. The van der Waals surface area contributed by atoms with Crippen LogP contribution in [-0.2, 0) is 11.3 Å². The third-order valence-electron chi connectivity index (χ3n) is 2.33. The second-order valence-corrected chi connectivity index (χ2v) is 6.04. The summed E-state index contributed by atoms with van der Waals surface area (Å²) in [5.41, 5.74) is 1.04. The van der Waals surface area contributed by atoms with Gasteiger partial charge in [0.15, 0.2) is 0 Å². The van der Waals surface area contributed by atoms with Crippen molar-refractivity contribution in [1.82, 2.24) is 4.90 Å². The summed E-state index contributed by atoms with van der Waals surface area (Å²) in [7, 11) is 3.74. The summed E-state index contributed by atoms with van der Waals surface area (Å²) in [6.45, 7) is 2.34. The maximum absolute atomic E-state index is 6.14. The molecule has 0 saturated heterocycles. The Kier molecular flexibility index (Phi) is 6.82. The number of halogens is 3. The van der Waals surface area contributed by atoms with Gasteiger partial charge in [0.2, 0.25) is 0 Å². The normalized spacial score (nSPS) is 13.1. The maximum Gasteiger partial charge on any atom is 0.0637 e. The molecule has 0 aliphatic carbocycles. The molecule has 96 valence electrons. The van der Waals surface area contributed by atoms with Crippen molar-refractivity contribution in [3.8, 4) is 0 Å². The zero-order chi connectivity index (χ0) is 12.8. The summed E-state index contributed by atoms with van der Waals surface area (Å²) in [6.07, 6.45) is 0. The van der Waals surface area contributed by atoms with Crippen molar-refractivity contribution in [2.45, 2.75) is 11.4 Å². The Balaban J connectivity index is 2.56. The van der Waals surface area contributed by atoms with E-state index in [4.69, 9.17) is 27.9 Å². The number of ether oxygens (including phenoxy) is 1. The molecular weight excluding hydrogens is 325 g/mol. The fourth-order valence-corrected chi connectivity index (χ4v) is 2.74. The third kappa shape index (κ3) is 5.14. The first-order valence-corrected chi connectivity index (χ1v) is 6.96. The van der Waals surface area contributed by atoms with Gasteiger partial charge in [0.05, 0.1) is 21.5 Å². The summed E-state index contributed by atoms with van der Waals surface area (Å²) < 4.78 is 5.08. The van der Waals surface area contributed by atoms with Crippen LogP contribution in [0.2, 0.25) is 10.0 Å². The van der Waals surface area contributed by atoms with E-state index in [0.29, 0.717) is 21.5 Å². The highest BCUT2D eigenvalue weighted by atomic mass is 79.9. The van der Waals surface area contributed by atoms with Gasteiger partial charge < -0.3 is 9.64 Å². The zero-order valence-electron chi connectivity index (χ0n) is 9.92. The van der Waals surface area contributed by atoms with Gasteiger partial charge in [-0.3, -0.25) is 0 Å².